The van der Waals surface area contributed by atoms with Crippen molar-refractivity contribution in [2.75, 3.05) is 6.54 Å². The van der Waals surface area contributed by atoms with E-state index in [1.807, 2.05) is 0 Å². The van der Waals surface area contributed by atoms with Crippen LogP contribution < -0.4 is 27.8 Å². The van der Waals surface area contributed by atoms with Gasteiger partial charge in [-0.15, -0.1) is 10.2 Å². The molecule has 0 bridgehead atoms. The van der Waals surface area contributed by atoms with Crippen molar-refractivity contribution in [3.63, 3.8) is 0 Å². The van der Waals surface area contributed by atoms with Crippen LogP contribution in [0.4, 0.5) is 4.79 Å². The Hall–Kier alpha value is -2.77. The number of carbonyl (C=O) groups excluding carboxylic acids is 2. The van der Waals surface area contributed by atoms with E-state index in [1.165, 1.54) is 6.92 Å². The molecule has 1 rings (SSSR count). The quantitative estimate of drug-likeness (QED) is 0.195. The molecule has 158 valence electrons. The summed E-state index contributed by atoms with van der Waals surface area (Å²) in [5, 5.41) is 30.4. The van der Waals surface area contributed by atoms with Crippen LogP contribution in [0.25, 0.3) is 0 Å². The number of rotatable bonds is 12. The summed E-state index contributed by atoms with van der Waals surface area (Å²) in [5.74, 6) is -2.18. The lowest BCUT2D eigenvalue weighted by atomic mass is 10.1. The molecule has 10 N–H and O–H groups in total. The third-order valence-electron chi connectivity index (χ3n) is 3.79. The summed E-state index contributed by atoms with van der Waals surface area (Å²) in [7, 11) is 0. The zero-order valence-electron chi connectivity index (χ0n) is 15.5. The Morgan fingerprint density at radius 2 is 1.82 bits per heavy atom. The molecule has 0 aliphatic rings. The van der Waals surface area contributed by atoms with Crippen molar-refractivity contribution in [3.05, 3.63) is 11.8 Å². The number of nitrogens with one attached hydrogen (secondary N) is 2. The summed E-state index contributed by atoms with van der Waals surface area (Å²) >= 11 is 0. The zero-order valence-corrected chi connectivity index (χ0v) is 15.5. The lowest BCUT2D eigenvalue weighted by Crippen LogP contribution is -2.52. The minimum absolute atomic E-state index is 0.109. The number of nitrogens with two attached hydrogens (primary N) is 3. The Morgan fingerprint density at radius 3 is 2.36 bits per heavy atom. The maximum atomic E-state index is 12.1. The summed E-state index contributed by atoms with van der Waals surface area (Å²) in [4.78, 5) is 34.4. The van der Waals surface area contributed by atoms with Crippen LogP contribution >= 0.6 is 0 Å². The molecule has 1 aromatic heterocycles. The van der Waals surface area contributed by atoms with E-state index >= 15 is 0 Å². The van der Waals surface area contributed by atoms with Crippen LogP contribution in [0.3, 0.4) is 0 Å². The highest BCUT2D eigenvalue weighted by Crippen LogP contribution is 2.20. The Kier molecular flexibility index (Phi) is 9.27. The molecule has 4 atom stereocenters. The number of aliphatic carboxylic acids is 1. The van der Waals surface area contributed by atoms with Gasteiger partial charge in [-0.25, -0.2) is 9.59 Å². The monoisotopic (exact) mass is 401 g/mol. The van der Waals surface area contributed by atoms with E-state index in [1.54, 1.807) is 0 Å². The number of aromatic nitrogens is 2. The van der Waals surface area contributed by atoms with Crippen LogP contribution in [-0.2, 0) is 9.59 Å². The zero-order chi connectivity index (χ0) is 21.3. The SMILES string of the molecule is CC(O)[C@H](NC(=O)N[C@@H](CC(N)=O)c1nnc([C@@H](N)CCCCN)o1)C(=O)O. The van der Waals surface area contributed by atoms with Gasteiger partial charge in [0.2, 0.25) is 17.7 Å². The van der Waals surface area contributed by atoms with Crippen molar-refractivity contribution in [1.29, 1.82) is 0 Å². The molecule has 0 saturated carbocycles. The van der Waals surface area contributed by atoms with Crippen LogP contribution in [-0.4, -0.2) is 57.0 Å². The molecule has 13 nitrogen and oxygen atoms in total. The lowest BCUT2D eigenvalue weighted by molar-refractivity contribution is -0.141. The number of hydrogen-bond donors (Lipinski definition) is 7. The molecule has 13 heteroatoms. The average molecular weight is 401 g/mol. The number of nitrogens with zero attached hydrogens (tertiary/aromatic N) is 2. The van der Waals surface area contributed by atoms with Crippen LogP contribution in [0.5, 0.6) is 0 Å². The van der Waals surface area contributed by atoms with Crippen LogP contribution in [0, 0.1) is 0 Å². The molecule has 0 radical (unpaired) electrons. The van der Waals surface area contributed by atoms with Crippen LogP contribution in [0.2, 0.25) is 0 Å². The molecule has 1 unspecified atom stereocenters. The van der Waals surface area contributed by atoms with E-state index in [4.69, 9.17) is 26.7 Å². The summed E-state index contributed by atoms with van der Waals surface area (Å²) in [6.45, 7) is 1.74. The predicted octanol–water partition coefficient (Wildman–Crippen LogP) is -1.75. The Bertz CT molecular complexity index is 665. The number of unbranched alkanes of at least 4 members (excludes halogenated alkanes) is 1. The number of urea groups is 1. The first-order valence-corrected chi connectivity index (χ1v) is 8.70. The predicted molar refractivity (Wildman–Crippen MR) is 95.5 cm³/mol. The van der Waals surface area contributed by atoms with E-state index in [2.05, 4.69) is 20.8 Å². The fourth-order valence-electron chi connectivity index (χ4n) is 2.30. The summed E-state index contributed by atoms with van der Waals surface area (Å²) < 4.78 is 5.45. The number of aliphatic hydroxyl groups is 1. The van der Waals surface area contributed by atoms with Crippen molar-refractivity contribution in [2.45, 2.75) is 56.8 Å². The molecule has 1 aromatic rings. The fourth-order valence-corrected chi connectivity index (χ4v) is 2.30. The highest BCUT2D eigenvalue weighted by atomic mass is 16.4. The van der Waals surface area contributed by atoms with Crippen molar-refractivity contribution in [2.24, 2.45) is 17.2 Å². The highest BCUT2D eigenvalue weighted by Gasteiger charge is 2.29. The van der Waals surface area contributed by atoms with Gasteiger partial charge in [-0.2, -0.15) is 0 Å². The molecule has 0 saturated heterocycles. The Labute approximate surface area is 161 Å². The molecule has 1 heterocycles. The maximum absolute atomic E-state index is 12.1. The third kappa shape index (κ3) is 7.46. The van der Waals surface area contributed by atoms with E-state index in [0.717, 1.165) is 12.8 Å². The van der Waals surface area contributed by atoms with E-state index in [0.29, 0.717) is 13.0 Å². The first kappa shape index (κ1) is 23.3. The van der Waals surface area contributed by atoms with E-state index in [-0.39, 0.29) is 18.2 Å². The summed E-state index contributed by atoms with van der Waals surface area (Å²) in [5.41, 5.74) is 16.6. The summed E-state index contributed by atoms with van der Waals surface area (Å²) in [6.07, 6.45) is 0.386. The lowest BCUT2D eigenvalue weighted by Gasteiger charge is -2.19. The molecule has 0 spiro atoms. The van der Waals surface area contributed by atoms with Gasteiger partial charge in [-0.3, -0.25) is 4.79 Å². The fraction of sp³-hybridized carbons (Fsp3) is 0.667. The number of primary amides is 1. The van der Waals surface area contributed by atoms with Gasteiger partial charge in [-0.1, -0.05) is 6.42 Å². The second-order valence-electron chi connectivity index (χ2n) is 6.27. The Balaban J connectivity index is 2.84. The average Bonchev–Trinajstić information content (AvgIpc) is 3.08. The minimum Gasteiger partial charge on any atom is -0.480 e. The Morgan fingerprint density at radius 1 is 1.18 bits per heavy atom. The van der Waals surface area contributed by atoms with Crippen LogP contribution in [0.15, 0.2) is 4.42 Å². The standard InChI is InChI=1S/C15H27N7O6/c1-7(23)11(14(25)26)20-15(27)19-9(6-10(18)24)13-22-21-12(28-13)8(17)4-2-3-5-16/h7-9,11,23H,2-6,16-17H2,1H3,(H2,18,24)(H,25,26)(H2,19,20,27)/t7?,8-,9-,11-/m0/s1. The molecule has 3 amide bonds. The van der Waals surface area contributed by atoms with Crippen molar-refractivity contribution >= 4 is 17.9 Å². The number of amides is 3. The molecule has 0 aromatic carbocycles. The van der Waals surface area contributed by atoms with Gasteiger partial charge in [0, 0.05) is 0 Å². The number of hydrogen-bond acceptors (Lipinski definition) is 9. The number of carboxylic acids is 1. The van der Waals surface area contributed by atoms with Crippen LogP contribution in [0.1, 0.15) is 56.5 Å². The molecule has 0 aliphatic carbocycles. The number of carboxylic acid groups (broad SMARTS) is 1. The van der Waals surface area contributed by atoms with Gasteiger partial charge in [-0.05, 0) is 26.3 Å². The third-order valence-corrected chi connectivity index (χ3v) is 3.79. The van der Waals surface area contributed by atoms with Crippen molar-refractivity contribution in [1.82, 2.24) is 20.8 Å². The van der Waals surface area contributed by atoms with E-state index < -0.39 is 42.1 Å². The van der Waals surface area contributed by atoms with Gasteiger partial charge in [0.25, 0.3) is 0 Å². The normalized spacial score (nSPS) is 15.3. The number of carbonyl (C=O) groups is 3. The molecule has 28 heavy (non-hydrogen) atoms. The molecule has 0 aliphatic heterocycles. The highest BCUT2D eigenvalue weighted by molar-refractivity contribution is 5.83. The molecular weight excluding hydrogens is 374 g/mol. The first-order valence-electron chi connectivity index (χ1n) is 8.70. The second kappa shape index (κ2) is 11.2. The maximum Gasteiger partial charge on any atom is 0.328 e. The van der Waals surface area contributed by atoms with Gasteiger partial charge in [0.15, 0.2) is 6.04 Å². The smallest absolute Gasteiger partial charge is 0.328 e. The molecule has 0 fully saturated rings. The molecular formula is C15H27N7O6. The van der Waals surface area contributed by atoms with Gasteiger partial charge in [0.1, 0.15) is 6.04 Å². The van der Waals surface area contributed by atoms with Gasteiger partial charge < -0.3 is 42.5 Å². The second-order valence-corrected chi connectivity index (χ2v) is 6.27. The van der Waals surface area contributed by atoms with Crippen molar-refractivity contribution in [3.8, 4) is 0 Å². The first-order chi connectivity index (χ1) is 13.1. The van der Waals surface area contributed by atoms with Crippen molar-refractivity contribution < 1.29 is 29.0 Å². The van der Waals surface area contributed by atoms with E-state index in [9.17, 15) is 19.5 Å². The van der Waals surface area contributed by atoms with Gasteiger partial charge in [0.05, 0.1) is 18.6 Å². The largest absolute Gasteiger partial charge is 0.480 e. The topological polar surface area (TPSA) is 233 Å². The minimum atomic E-state index is -1.55. The summed E-state index contributed by atoms with van der Waals surface area (Å²) in [6, 6.07) is -4.16. The van der Waals surface area contributed by atoms with Gasteiger partial charge >= 0.3 is 12.0 Å². The number of aliphatic hydroxyl groups excluding tert-OH is 1.